The van der Waals surface area contributed by atoms with Crippen molar-refractivity contribution in [2.45, 2.75) is 0 Å². The van der Waals surface area contributed by atoms with Crippen molar-refractivity contribution in [2.24, 2.45) is 0 Å². The Morgan fingerprint density at radius 1 is 0.325 bits per heavy atom. The zero-order chi connectivity index (χ0) is 25.3. The summed E-state index contributed by atoms with van der Waals surface area (Å²) < 4.78 is 0. The molecule has 7 aromatic carbocycles. The minimum atomic E-state index is 0. The van der Waals surface area contributed by atoms with Gasteiger partial charge in [-0.25, -0.2) is 22.3 Å². The number of benzene rings is 7. The van der Waals surface area contributed by atoms with Crippen LogP contribution in [-0.2, 0) is 65.4 Å². The van der Waals surface area contributed by atoms with E-state index in [1.54, 1.807) is 0 Å². The van der Waals surface area contributed by atoms with Gasteiger partial charge in [-0.05, 0) is 32.7 Å². The average Bonchev–Trinajstić information content (AvgIpc) is 3.01. The first-order valence-corrected chi connectivity index (χ1v) is 12.8. The molecule has 0 unspecified atom stereocenters. The van der Waals surface area contributed by atoms with E-state index in [4.69, 9.17) is 0 Å². The molecule has 0 aromatic heterocycles. The fourth-order valence-corrected chi connectivity index (χ4v) is 5.43. The Balaban J connectivity index is 0.00000161. The molecule has 0 saturated carbocycles. The molecule has 0 N–H and O–H groups in total. The Kier molecular flexibility index (Phi) is 9.24. The predicted molar refractivity (Wildman–Crippen MR) is 159 cm³/mol. The van der Waals surface area contributed by atoms with E-state index in [1.807, 2.05) is 48.5 Å². The van der Waals surface area contributed by atoms with Gasteiger partial charge in [0.15, 0.2) is 0 Å². The molecule has 7 aromatic rings. The Bertz CT molecular complexity index is 1710. The molecule has 0 aliphatic rings. The van der Waals surface area contributed by atoms with Crippen LogP contribution in [0.1, 0.15) is 0 Å². The zero-order valence-electron chi connectivity index (χ0n) is 21.9. The van der Waals surface area contributed by atoms with E-state index < -0.39 is 0 Å². The van der Waals surface area contributed by atoms with Gasteiger partial charge < -0.3 is 0 Å². The maximum atomic E-state index is 3.41. The normalized spacial score (nSPS) is 10.6. The average molecular weight is 656 g/mol. The van der Waals surface area contributed by atoms with Gasteiger partial charge in [0.2, 0.25) is 0 Å². The molecule has 0 nitrogen and oxygen atoms in total. The fraction of sp³-hybridized carbons (Fsp3) is 0. The molecule has 2 radical (unpaired) electrons. The zero-order valence-corrected chi connectivity index (χ0v) is 27.5. The maximum Gasteiger partial charge on any atom is 0 e. The molecular formula is C38H22Y2-4. The molecule has 0 heterocycles. The Labute approximate surface area is 286 Å². The van der Waals surface area contributed by atoms with Crippen LogP contribution in [0.25, 0.3) is 66.1 Å². The SMILES string of the molecule is [Y].[Y].[c-]1ccccc1-c1[c-]ccc(-c2c3ccccc3c(-c3cc[c-]c(-c4[c-]cccc4)c3)c3ccccc23)c1. The van der Waals surface area contributed by atoms with E-state index in [1.165, 1.54) is 43.8 Å². The second-order valence-electron chi connectivity index (χ2n) is 9.38. The van der Waals surface area contributed by atoms with Crippen LogP contribution in [0.5, 0.6) is 0 Å². The minimum absolute atomic E-state index is 0. The molecule has 0 aliphatic carbocycles. The first-order valence-electron chi connectivity index (χ1n) is 12.8. The van der Waals surface area contributed by atoms with Gasteiger partial charge in [-0.3, -0.25) is 0 Å². The van der Waals surface area contributed by atoms with Gasteiger partial charge in [-0.2, -0.15) is 84.9 Å². The van der Waals surface area contributed by atoms with Gasteiger partial charge in [0.1, 0.15) is 0 Å². The van der Waals surface area contributed by atoms with Crippen LogP contribution < -0.4 is 0 Å². The molecule has 40 heavy (non-hydrogen) atoms. The summed E-state index contributed by atoms with van der Waals surface area (Å²) in [5.41, 5.74) is 9.02. The van der Waals surface area contributed by atoms with E-state index >= 15 is 0 Å². The van der Waals surface area contributed by atoms with Crippen LogP contribution in [-0.4, -0.2) is 0 Å². The smallest absolute Gasteiger partial charge is 0 e. The third-order valence-electron chi connectivity index (χ3n) is 7.11. The number of fused-ring (bicyclic) bond motifs is 2. The van der Waals surface area contributed by atoms with Crippen molar-refractivity contribution < 1.29 is 65.4 Å². The molecule has 0 bridgehead atoms. The monoisotopic (exact) mass is 656 g/mol. The van der Waals surface area contributed by atoms with Gasteiger partial charge in [-0.1, -0.05) is 48.5 Å². The maximum absolute atomic E-state index is 3.41. The van der Waals surface area contributed by atoms with E-state index in [2.05, 4.69) is 109 Å². The van der Waals surface area contributed by atoms with Crippen molar-refractivity contribution in [3.05, 3.63) is 158 Å². The molecule has 0 saturated heterocycles. The molecule has 0 atom stereocenters. The first kappa shape index (κ1) is 28.8. The number of hydrogen-bond donors (Lipinski definition) is 0. The van der Waals surface area contributed by atoms with E-state index in [-0.39, 0.29) is 65.4 Å². The summed E-state index contributed by atoms with van der Waals surface area (Å²) in [6.45, 7) is 0. The Hall–Kier alpha value is -2.73. The van der Waals surface area contributed by atoms with Gasteiger partial charge in [0, 0.05) is 65.4 Å². The molecule has 0 spiro atoms. The van der Waals surface area contributed by atoms with E-state index in [0.717, 1.165) is 22.3 Å². The quantitative estimate of drug-likeness (QED) is 0.131. The molecule has 0 aliphatic heterocycles. The minimum Gasteiger partial charge on any atom is -0.226 e. The second kappa shape index (κ2) is 12.8. The molecular weight excluding hydrogens is 634 g/mol. The van der Waals surface area contributed by atoms with Crippen molar-refractivity contribution in [3.8, 4) is 44.5 Å². The van der Waals surface area contributed by atoms with Gasteiger partial charge in [0.05, 0.1) is 0 Å². The Morgan fingerprint density at radius 2 is 0.675 bits per heavy atom. The van der Waals surface area contributed by atoms with Crippen molar-refractivity contribution >= 4 is 21.5 Å². The molecule has 0 fully saturated rings. The van der Waals surface area contributed by atoms with E-state index in [9.17, 15) is 0 Å². The summed E-state index contributed by atoms with van der Waals surface area (Å²) >= 11 is 0. The molecule has 184 valence electrons. The number of hydrogen-bond acceptors (Lipinski definition) is 0. The third-order valence-corrected chi connectivity index (χ3v) is 7.11. The van der Waals surface area contributed by atoms with Crippen LogP contribution in [0.4, 0.5) is 0 Å². The largest absolute Gasteiger partial charge is 0.226 e. The van der Waals surface area contributed by atoms with Crippen LogP contribution in [0.2, 0.25) is 0 Å². The molecule has 2 heteroatoms. The standard InChI is InChI=1S/C38H22.2Y/c1-3-13-27(14-4-1)29-17-11-19-31(25-29)37-33-21-7-9-23-35(33)38(36-24-10-8-22-34(36)37)32-20-12-18-30(26-32)28-15-5-2-6-16-28;;/h1-13,15,19-26H;;/q-4;;. The fourth-order valence-electron chi connectivity index (χ4n) is 5.43. The van der Waals surface area contributed by atoms with Gasteiger partial charge >= 0.3 is 0 Å². The van der Waals surface area contributed by atoms with Crippen LogP contribution >= 0.6 is 0 Å². The summed E-state index contributed by atoms with van der Waals surface area (Å²) in [6.07, 6.45) is 0. The van der Waals surface area contributed by atoms with Gasteiger partial charge in [0.25, 0.3) is 0 Å². The van der Waals surface area contributed by atoms with Crippen molar-refractivity contribution in [3.63, 3.8) is 0 Å². The van der Waals surface area contributed by atoms with Crippen LogP contribution in [0, 0.1) is 24.3 Å². The second-order valence-corrected chi connectivity index (χ2v) is 9.38. The number of rotatable bonds is 4. The van der Waals surface area contributed by atoms with Crippen molar-refractivity contribution in [2.75, 3.05) is 0 Å². The third kappa shape index (κ3) is 5.44. The topological polar surface area (TPSA) is 0 Å². The summed E-state index contributed by atoms with van der Waals surface area (Å²) in [5, 5.41) is 4.93. The summed E-state index contributed by atoms with van der Waals surface area (Å²) in [7, 11) is 0. The van der Waals surface area contributed by atoms with Crippen molar-refractivity contribution in [1.82, 2.24) is 0 Å². The summed E-state index contributed by atoms with van der Waals surface area (Å²) in [5.74, 6) is 0. The van der Waals surface area contributed by atoms with Gasteiger partial charge in [-0.15, -0.1) is 35.4 Å². The summed E-state index contributed by atoms with van der Waals surface area (Å²) in [6, 6.07) is 60.1. The predicted octanol–water partition coefficient (Wildman–Crippen LogP) is 9.86. The van der Waals surface area contributed by atoms with E-state index in [0.29, 0.717) is 0 Å². The first-order chi connectivity index (χ1) is 18.9. The Morgan fingerprint density at radius 3 is 1.02 bits per heavy atom. The van der Waals surface area contributed by atoms with Crippen molar-refractivity contribution in [1.29, 1.82) is 0 Å². The van der Waals surface area contributed by atoms with Crippen LogP contribution in [0.15, 0.2) is 133 Å². The van der Waals surface area contributed by atoms with Crippen LogP contribution in [0.3, 0.4) is 0 Å². The summed E-state index contributed by atoms with van der Waals surface area (Å²) in [4.78, 5) is 0. The molecule has 0 amide bonds. The molecule has 7 rings (SSSR count).